The van der Waals surface area contributed by atoms with Gasteiger partial charge in [0.25, 0.3) is 0 Å². The molecule has 2 unspecified atom stereocenters. The van der Waals surface area contributed by atoms with Gasteiger partial charge in [-0.2, -0.15) is 0 Å². The van der Waals surface area contributed by atoms with Crippen LogP contribution in [0.2, 0.25) is 4.34 Å². The molecule has 1 aromatic heterocycles. The summed E-state index contributed by atoms with van der Waals surface area (Å²) in [6.45, 7) is 3.54. The van der Waals surface area contributed by atoms with Crippen molar-refractivity contribution in [1.29, 1.82) is 0 Å². The summed E-state index contributed by atoms with van der Waals surface area (Å²) in [5.41, 5.74) is 4.79. The molecule has 3 N–H and O–H groups in total. The van der Waals surface area contributed by atoms with E-state index in [9.17, 15) is 5.11 Å². The second kappa shape index (κ2) is 3.96. The van der Waals surface area contributed by atoms with Gasteiger partial charge in [-0.15, -0.1) is 11.3 Å². The fourth-order valence-corrected chi connectivity index (χ4v) is 2.21. The van der Waals surface area contributed by atoms with Crippen LogP contribution in [0, 0.1) is 0 Å². The zero-order valence-electron chi connectivity index (χ0n) is 7.75. The number of aliphatic hydroxyl groups is 1. The van der Waals surface area contributed by atoms with Crippen LogP contribution >= 0.6 is 22.9 Å². The van der Waals surface area contributed by atoms with E-state index in [4.69, 9.17) is 17.3 Å². The third-order valence-electron chi connectivity index (χ3n) is 2.14. The Hall–Kier alpha value is -0.0900. The van der Waals surface area contributed by atoms with Crippen molar-refractivity contribution >= 4 is 22.9 Å². The van der Waals surface area contributed by atoms with Crippen molar-refractivity contribution in [1.82, 2.24) is 0 Å². The van der Waals surface area contributed by atoms with Crippen molar-refractivity contribution in [2.24, 2.45) is 5.73 Å². The van der Waals surface area contributed by atoms with Gasteiger partial charge in [0.2, 0.25) is 0 Å². The van der Waals surface area contributed by atoms with E-state index in [1.807, 2.05) is 12.1 Å². The summed E-state index contributed by atoms with van der Waals surface area (Å²) in [6.07, 6.45) is 0.558. The standard InChI is InChI=1S/C9H14ClNOS/c1-6(11)9(2,12)5-7-3-4-8(10)13-7/h3-4,6,12H,5,11H2,1-2H3. The Morgan fingerprint density at radius 2 is 2.31 bits per heavy atom. The van der Waals surface area contributed by atoms with Gasteiger partial charge in [0.1, 0.15) is 0 Å². The van der Waals surface area contributed by atoms with E-state index in [2.05, 4.69) is 0 Å². The first-order valence-electron chi connectivity index (χ1n) is 4.14. The molecule has 0 aliphatic carbocycles. The smallest absolute Gasteiger partial charge is 0.0931 e. The first-order valence-corrected chi connectivity index (χ1v) is 5.33. The van der Waals surface area contributed by atoms with Crippen LogP contribution in [0.5, 0.6) is 0 Å². The monoisotopic (exact) mass is 219 g/mol. The second-order valence-electron chi connectivity index (χ2n) is 3.53. The fraction of sp³-hybridized carbons (Fsp3) is 0.556. The zero-order chi connectivity index (χ0) is 10.1. The van der Waals surface area contributed by atoms with Gasteiger partial charge < -0.3 is 10.8 Å². The number of rotatable bonds is 3. The van der Waals surface area contributed by atoms with Gasteiger partial charge in [0.05, 0.1) is 9.94 Å². The highest BCUT2D eigenvalue weighted by molar-refractivity contribution is 7.16. The highest BCUT2D eigenvalue weighted by Gasteiger charge is 2.26. The molecule has 0 aliphatic rings. The molecule has 1 rings (SSSR count). The largest absolute Gasteiger partial charge is 0.388 e. The Bertz CT molecular complexity index is 283. The van der Waals surface area contributed by atoms with Crippen molar-refractivity contribution in [3.8, 4) is 0 Å². The molecule has 1 aromatic rings. The second-order valence-corrected chi connectivity index (χ2v) is 5.33. The number of hydrogen-bond acceptors (Lipinski definition) is 3. The molecule has 0 saturated carbocycles. The lowest BCUT2D eigenvalue weighted by Gasteiger charge is -2.26. The number of nitrogens with two attached hydrogens (primary N) is 1. The Kier molecular flexibility index (Phi) is 3.35. The average molecular weight is 220 g/mol. The zero-order valence-corrected chi connectivity index (χ0v) is 9.32. The van der Waals surface area contributed by atoms with Crippen LogP contribution in [-0.2, 0) is 6.42 Å². The van der Waals surface area contributed by atoms with Gasteiger partial charge in [-0.1, -0.05) is 11.6 Å². The van der Waals surface area contributed by atoms with Crippen LogP contribution < -0.4 is 5.73 Å². The third kappa shape index (κ3) is 2.95. The van der Waals surface area contributed by atoms with Crippen LogP contribution in [0.15, 0.2) is 12.1 Å². The van der Waals surface area contributed by atoms with Gasteiger partial charge in [-0.3, -0.25) is 0 Å². The van der Waals surface area contributed by atoms with E-state index in [1.165, 1.54) is 11.3 Å². The highest BCUT2D eigenvalue weighted by Crippen LogP contribution is 2.25. The Labute approximate surface area is 87.3 Å². The van der Waals surface area contributed by atoms with E-state index in [0.29, 0.717) is 6.42 Å². The van der Waals surface area contributed by atoms with E-state index in [-0.39, 0.29) is 6.04 Å². The predicted molar refractivity (Wildman–Crippen MR) is 57.3 cm³/mol. The minimum Gasteiger partial charge on any atom is -0.388 e. The summed E-state index contributed by atoms with van der Waals surface area (Å²) < 4.78 is 0.746. The first kappa shape index (κ1) is 11.0. The van der Waals surface area contributed by atoms with Gasteiger partial charge in [-0.05, 0) is 26.0 Å². The van der Waals surface area contributed by atoms with Crippen LogP contribution in [-0.4, -0.2) is 16.7 Å². The molecule has 0 saturated heterocycles. The lowest BCUT2D eigenvalue weighted by atomic mass is 9.94. The molecule has 13 heavy (non-hydrogen) atoms. The highest BCUT2D eigenvalue weighted by atomic mass is 35.5. The third-order valence-corrected chi connectivity index (χ3v) is 3.37. The first-order chi connectivity index (χ1) is 5.92. The molecule has 74 valence electrons. The molecule has 0 radical (unpaired) electrons. The summed E-state index contributed by atoms with van der Waals surface area (Å²) >= 11 is 7.26. The maximum absolute atomic E-state index is 9.89. The predicted octanol–water partition coefficient (Wildman–Crippen LogP) is 2.04. The molecular weight excluding hydrogens is 206 g/mol. The summed E-state index contributed by atoms with van der Waals surface area (Å²) in [5.74, 6) is 0. The molecule has 0 spiro atoms. The molecule has 0 aliphatic heterocycles. The van der Waals surface area contributed by atoms with Crippen molar-refractivity contribution in [2.45, 2.75) is 31.9 Å². The number of thiophene rings is 1. The van der Waals surface area contributed by atoms with E-state index in [1.54, 1.807) is 13.8 Å². The number of hydrogen-bond donors (Lipinski definition) is 2. The molecule has 1 heterocycles. The van der Waals surface area contributed by atoms with Crippen LogP contribution in [0.3, 0.4) is 0 Å². The van der Waals surface area contributed by atoms with Crippen LogP contribution in [0.4, 0.5) is 0 Å². The average Bonchev–Trinajstić information content (AvgIpc) is 2.34. The minimum atomic E-state index is -0.853. The molecule has 2 atom stereocenters. The number of halogens is 1. The normalized spacial score (nSPS) is 18.2. The molecule has 4 heteroatoms. The van der Waals surface area contributed by atoms with Crippen molar-refractivity contribution in [3.63, 3.8) is 0 Å². The van der Waals surface area contributed by atoms with E-state index < -0.39 is 5.60 Å². The molecule has 2 nitrogen and oxygen atoms in total. The quantitative estimate of drug-likeness (QED) is 0.818. The van der Waals surface area contributed by atoms with E-state index >= 15 is 0 Å². The molecule has 0 fully saturated rings. The summed E-state index contributed by atoms with van der Waals surface area (Å²) in [7, 11) is 0. The fourth-order valence-electron chi connectivity index (χ4n) is 0.960. The molecule has 0 aromatic carbocycles. The maximum Gasteiger partial charge on any atom is 0.0931 e. The maximum atomic E-state index is 9.89. The molecule has 0 bridgehead atoms. The molecule has 0 amide bonds. The van der Waals surface area contributed by atoms with Crippen LogP contribution in [0.1, 0.15) is 18.7 Å². The summed E-state index contributed by atoms with van der Waals surface area (Å²) in [6, 6.07) is 3.51. The Morgan fingerprint density at radius 3 is 2.69 bits per heavy atom. The van der Waals surface area contributed by atoms with Gasteiger partial charge in [0.15, 0.2) is 0 Å². The lowest BCUT2D eigenvalue weighted by molar-refractivity contribution is 0.0396. The summed E-state index contributed by atoms with van der Waals surface area (Å²) in [5, 5.41) is 9.89. The van der Waals surface area contributed by atoms with Crippen molar-refractivity contribution < 1.29 is 5.11 Å². The van der Waals surface area contributed by atoms with Gasteiger partial charge >= 0.3 is 0 Å². The molecular formula is C9H14ClNOS. The summed E-state index contributed by atoms with van der Waals surface area (Å²) in [4.78, 5) is 1.06. The topological polar surface area (TPSA) is 46.2 Å². The SMILES string of the molecule is CC(N)C(C)(O)Cc1ccc(Cl)s1. The van der Waals surface area contributed by atoms with Gasteiger partial charge in [0, 0.05) is 17.3 Å². The van der Waals surface area contributed by atoms with Crippen molar-refractivity contribution in [3.05, 3.63) is 21.3 Å². The van der Waals surface area contributed by atoms with E-state index in [0.717, 1.165) is 9.21 Å². The lowest BCUT2D eigenvalue weighted by Crippen LogP contribution is -2.44. The van der Waals surface area contributed by atoms with Crippen LogP contribution in [0.25, 0.3) is 0 Å². The Balaban J connectivity index is 2.68. The minimum absolute atomic E-state index is 0.242. The van der Waals surface area contributed by atoms with Crippen molar-refractivity contribution in [2.75, 3.05) is 0 Å². The van der Waals surface area contributed by atoms with Gasteiger partial charge in [-0.25, -0.2) is 0 Å². The Morgan fingerprint density at radius 1 is 1.69 bits per heavy atom.